The van der Waals surface area contributed by atoms with Crippen LogP contribution in [0.4, 0.5) is 0 Å². The maximum Gasteiger partial charge on any atom is 0.239 e. The van der Waals surface area contributed by atoms with Crippen molar-refractivity contribution in [2.75, 3.05) is 19.6 Å². The summed E-state index contributed by atoms with van der Waals surface area (Å²) in [6.45, 7) is 7.98. The fourth-order valence-corrected chi connectivity index (χ4v) is 1.58. The Labute approximate surface area is 91.2 Å². The molecule has 84 valence electrons. The lowest BCUT2D eigenvalue weighted by molar-refractivity contribution is -0.135. The Balaban J connectivity index is 2.45. The van der Waals surface area contributed by atoms with Gasteiger partial charge in [-0.1, -0.05) is 0 Å². The Morgan fingerprint density at radius 1 is 1.67 bits per heavy atom. The zero-order valence-corrected chi connectivity index (χ0v) is 9.71. The van der Waals surface area contributed by atoms with Crippen LogP contribution in [0.3, 0.4) is 0 Å². The monoisotopic (exact) mass is 209 g/mol. The summed E-state index contributed by atoms with van der Waals surface area (Å²) in [5.41, 5.74) is -0.339. The summed E-state index contributed by atoms with van der Waals surface area (Å²) in [5.74, 6) is 0.148. The third-order valence-electron chi connectivity index (χ3n) is 2.82. The predicted molar refractivity (Wildman–Crippen MR) is 58.1 cm³/mol. The molecule has 1 saturated heterocycles. The van der Waals surface area contributed by atoms with Crippen LogP contribution in [0.15, 0.2) is 0 Å². The summed E-state index contributed by atoms with van der Waals surface area (Å²) in [7, 11) is 0. The summed E-state index contributed by atoms with van der Waals surface area (Å²) >= 11 is 0. The van der Waals surface area contributed by atoms with Crippen LogP contribution in [0.1, 0.15) is 27.2 Å². The highest BCUT2D eigenvalue weighted by Crippen LogP contribution is 2.19. The van der Waals surface area contributed by atoms with Gasteiger partial charge >= 0.3 is 0 Å². The van der Waals surface area contributed by atoms with E-state index < -0.39 is 0 Å². The molecule has 0 bridgehead atoms. The Morgan fingerprint density at radius 2 is 2.33 bits per heavy atom. The number of carbonyl (C=O) groups is 1. The number of nitrogens with one attached hydrogen (secondary N) is 1. The van der Waals surface area contributed by atoms with Crippen molar-refractivity contribution in [3.05, 3.63) is 0 Å². The molecule has 1 fully saturated rings. The Kier molecular flexibility index (Phi) is 3.70. The number of nitrogens with zero attached hydrogens (tertiary/aromatic N) is 2. The van der Waals surface area contributed by atoms with E-state index in [1.54, 1.807) is 0 Å². The molecule has 0 saturated carbocycles. The first-order valence-electron chi connectivity index (χ1n) is 5.40. The second kappa shape index (κ2) is 4.63. The Morgan fingerprint density at radius 3 is 2.93 bits per heavy atom. The van der Waals surface area contributed by atoms with Gasteiger partial charge in [-0.25, -0.2) is 0 Å². The average molecular weight is 209 g/mol. The van der Waals surface area contributed by atoms with Gasteiger partial charge in [-0.2, -0.15) is 5.26 Å². The van der Waals surface area contributed by atoms with E-state index in [0.29, 0.717) is 6.54 Å². The number of hydrogen-bond acceptors (Lipinski definition) is 3. The van der Waals surface area contributed by atoms with Gasteiger partial charge in [0.05, 0.1) is 17.5 Å². The van der Waals surface area contributed by atoms with Crippen LogP contribution in [0.2, 0.25) is 0 Å². The van der Waals surface area contributed by atoms with Gasteiger partial charge in [0.15, 0.2) is 0 Å². The number of rotatable bonds is 3. The molecular weight excluding hydrogens is 190 g/mol. The van der Waals surface area contributed by atoms with Crippen LogP contribution in [-0.2, 0) is 4.79 Å². The van der Waals surface area contributed by atoms with Crippen molar-refractivity contribution in [1.29, 1.82) is 5.26 Å². The molecule has 15 heavy (non-hydrogen) atoms. The van der Waals surface area contributed by atoms with Crippen molar-refractivity contribution >= 4 is 5.91 Å². The maximum absolute atomic E-state index is 11.7. The SMILES string of the molecule is CC1NCCN(CCC(C)(C)C#N)C1=O. The largest absolute Gasteiger partial charge is 0.340 e. The standard InChI is InChI=1S/C11H19N3O/c1-9-10(15)14(7-5-13-9)6-4-11(2,3)8-12/h9,13H,4-7H2,1-3H3. The number of piperazine rings is 1. The summed E-state index contributed by atoms with van der Waals surface area (Å²) in [4.78, 5) is 13.6. The highest BCUT2D eigenvalue weighted by Gasteiger charge is 2.26. The molecule has 0 radical (unpaired) electrons. The van der Waals surface area contributed by atoms with E-state index in [2.05, 4.69) is 11.4 Å². The first-order chi connectivity index (χ1) is 6.96. The van der Waals surface area contributed by atoms with Crippen molar-refractivity contribution < 1.29 is 4.79 Å². The van der Waals surface area contributed by atoms with E-state index in [4.69, 9.17) is 5.26 Å². The number of nitriles is 1. The lowest BCUT2D eigenvalue weighted by atomic mass is 9.91. The van der Waals surface area contributed by atoms with Gasteiger partial charge in [0, 0.05) is 19.6 Å². The van der Waals surface area contributed by atoms with Crippen LogP contribution in [0.5, 0.6) is 0 Å². The summed E-state index contributed by atoms with van der Waals surface area (Å²) in [5, 5.41) is 12.0. The molecule has 1 aliphatic rings. The number of hydrogen-bond donors (Lipinski definition) is 1. The minimum Gasteiger partial charge on any atom is -0.340 e. The zero-order valence-electron chi connectivity index (χ0n) is 9.71. The molecule has 0 aliphatic carbocycles. The zero-order chi connectivity index (χ0) is 11.5. The predicted octanol–water partition coefficient (Wildman–Crippen LogP) is 0.747. The normalized spacial score (nSPS) is 22.7. The molecule has 0 aromatic carbocycles. The van der Waals surface area contributed by atoms with Gasteiger partial charge in [0.2, 0.25) is 5.91 Å². The van der Waals surface area contributed by atoms with Crippen molar-refractivity contribution in [1.82, 2.24) is 10.2 Å². The third kappa shape index (κ3) is 3.21. The fraction of sp³-hybridized carbons (Fsp3) is 0.818. The quantitative estimate of drug-likeness (QED) is 0.746. The second-order valence-corrected chi connectivity index (χ2v) is 4.75. The molecule has 0 spiro atoms. The van der Waals surface area contributed by atoms with Gasteiger partial charge in [0.25, 0.3) is 0 Å². The highest BCUT2D eigenvalue weighted by molar-refractivity contribution is 5.82. The van der Waals surface area contributed by atoms with E-state index in [1.807, 2.05) is 25.7 Å². The van der Waals surface area contributed by atoms with Crippen LogP contribution in [-0.4, -0.2) is 36.5 Å². The van der Waals surface area contributed by atoms with E-state index in [9.17, 15) is 4.79 Å². The Bertz CT molecular complexity index is 280. The second-order valence-electron chi connectivity index (χ2n) is 4.75. The molecule has 1 rings (SSSR count). The molecule has 1 unspecified atom stereocenters. The van der Waals surface area contributed by atoms with E-state index in [-0.39, 0.29) is 17.4 Å². The molecule has 1 aliphatic heterocycles. The molecule has 4 heteroatoms. The van der Waals surface area contributed by atoms with E-state index in [0.717, 1.165) is 19.5 Å². The van der Waals surface area contributed by atoms with Crippen LogP contribution >= 0.6 is 0 Å². The minimum atomic E-state index is -0.339. The van der Waals surface area contributed by atoms with Crippen molar-refractivity contribution in [2.45, 2.75) is 33.2 Å². The minimum absolute atomic E-state index is 0.0797. The Hall–Kier alpha value is -1.08. The van der Waals surface area contributed by atoms with E-state index in [1.165, 1.54) is 0 Å². The topological polar surface area (TPSA) is 56.1 Å². The van der Waals surface area contributed by atoms with Crippen molar-refractivity contribution in [3.8, 4) is 6.07 Å². The molecule has 0 aromatic heterocycles. The first kappa shape index (κ1) is 12.0. The van der Waals surface area contributed by atoms with Crippen LogP contribution < -0.4 is 5.32 Å². The molecule has 4 nitrogen and oxygen atoms in total. The molecule has 1 amide bonds. The smallest absolute Gasteiger partial charge is 0.239 e. The molecule has 1 N–H and O–H groups in total. The lowest BCUT2D eigenvalue weighted by Crippen LogP contribution is -2.54. The number of carbonyl (C=O) groups excluding carboxylic acids is 1. The fourth-order valence-electron chi connectivity index (χ4n) is 1.58. The molecule has 1 atom stereocenters. The lowest BCUT2D eigenvalue weighted by Gasteiger charge is -2.32. The number of amides is 1. The van der Waals surface area contributed by atoms with E-state index >= 15 is 0 Å². The van der Waals surface area contributed by atoms with Crippen molar-refractivity contribution in [2.24, 2.45) is 5.41 Å². The summed E-state index contributed by atoms with van der Waals surface area (Å²) < 4.78 is 0. The summed E-state index contributed by atoms with van der Waals surface area (Å²) in [6, 6.07) is 2.17. The van der Waals surface area contributed by atoms with Gasteiger partial charge in [-0.3, -0.25) is 4.79 Å². The first-order valence-corrected chi connectivity index (χ1v) is 5.40. The van der Waals surface area contributed by atoms with Gasteiger partial charge < -0.3 is 10.2 Å². The molecule has 1 heterocycles. The third-order valence-corrected chi connectivity index (χ3v) is 2.82. The highest BCUT2D eigenvalue weighted by atomic mass is 16.2. The van der Waals surface area contributed by atoms with Gasteiger partial charge in [0.1, 0.15) is 0 Å². The maximum atomic E-state index is 11.7. The summed E-state index contributed by atoms with van der Waals surface area (Å²) in [6.07, 6.45) is 0.738. The molecule has 0 aromatic rings. The van der Waals surface area contributed by atoms with Gasteiger partial charge in [-0.15, -0.1) is 0 Å². The van der Waals surface area contributed by atoms with Crippen LogP contribution in [0, 0.1) is 16.7 Å². The van der Waals surface area contributed by atoms with Crippen molar-refractivity contribution in [3.63, 3.8) is 0 Å². The average Bonchev–Trinajstić information content (AvgIpc) is 2.20. The van der Waals surface area contributed by atoms with Crippen LogP contribution in [0.25, 0.3) is 0 Å². The molecular formula is C11H19N3O. The van der Waals surface area contributed by atoms with Gasteiger partial charge in [-0.05, 0) is 27.2 Å².